The highest BCUT2D eigenvalue weighted by Gasteiger charge is 2.25. The van der Waals surface area contributed by atoms with Gasteiger partial charge in [-0.3, -0.25) is 4.90 Å². The molecule has 4 heteroatoms. The second kappa shape index (κ2) is 4.84. The molecule has 1 aliphatic heterocycles. The van der Waals surface area contributed by atoms with Gasteiger partial charge in [0, 0.05) is 18.6 Å². The fraction of sp³-hybridized carbons (Fsp3) is 0.909. The van der Waals surface area contributed by atoms with E-state index in [9.17, 15) is 4.79 Å². The van der Waals surface area contributed by atoms with Crippen LogP contribution in [0.1, 0.15) is 32.6 Å². The van der Waals surface area contributed by atoms with E-state index in [1.807, 2.05) is 0 Å². The van der Waals surface area contributed by atoms with E-state index in [4.69, 9.17) is 0 Å². The van der Waals surface area contributed by atoms with Crippen molar-refractivity contribution in [3.05, 3.63) is 0 Å². The molecule has 0 radical (unpaired) electrons. The van der Waals surface area contributed by atoms with Crippen molar-refractivity contribution in [2.24, 2.45) is 0 Å². The third-order valence-electron chi connectivity index (χ3n) is 3.32. The Kier molecular flexibility index (Phi) is 3.46. The summed E-state index contributed by atoms with van der Waals surface area (Å²) in [6.45, 7) is 5.26. The molecule has 1 unspecified atom stereocenters. The van der Waals surface area contributed by atoms with Crippen molar-refractivity contribution >= 4 is 6.03 Å². The third-order valence-corrected chi connectivity index (χ3v) is 3.32. The molecule has 0 spiro atoms. The Balaban J connectivity index is 1.65. The van der Waals surface area contributed by atoms with Crippen molar-refractivity contribution < 1.29 is 4.79 Å². The van der Waals surface area contributed by atoms with E-state index in [1.54, 1.807) is 0 Å². The Hall–Kier alpha value is -0.770. The summed E-state index contributed by atoms with van der Waals surface area (Å²) in [5.74, 6) is 0. The first kappa shape index (κ1) is 10.7. The van der Waals surface area contributed by atoms with Gasteiger partial charge in [-0.05, 0) is 38.8 Å². The number of likely N-dealkylation sites (N-methyl/N-ethyl adjacent to an activating group) is 1. The van der Waals surface area contributed by atoms with E-state index in [0.717, 1.165) is 25.9 Å². The van der Waals surface area contributed by atoms with Crippen LogP contribution >= 0.6 is 0 Å². The van der Waals surface area contributed by atoms with Crippen molar-refractivity contribution in [3.8, 4) is 0 Å². The number of rotatable bonds is 4. The van der Waals surface area contributed by atoms with Gasteiger partial charge < -0.3 is 10.6 Å². The van der Waals surface area contributed by atoms with Crippen LogP contribution < -0.4 is 10.6 Å². The van der Waals surface area contributed by atoms with Crippen molar-refractivity contribution in [1.82, 2.24) is 15.5 Å². The van der Waals surface area contributed by atoms with Gasteiger partial charge in [0.05, 0.1) is 0 Å². The molecule has 0 aromatic rings. The molecular weight excluding hydrogens is 190 g/mol. The summed E-state index contributed by atoms with van der Waals surface area (Å²) >= 11 is 0. The first-order valence-electron chi connectivity index (χ1n) is 6.08. The highest BCUT2D eigenvalue weighted by atomic mass is 16.2. The molecule has 86 valence electrons. The van der Waals surface area contributed by atoms with Crippen molar-refractivity contribution in [1.29, 1.82) is 0 Å². The molecule has 2 fully saturated rings. The van der Waals surface area contributed by atoms with Crippen LogP contribution in [-0.2, 0) is 0 Å². The van der Waals surface area contributed by atoms with Crippen LogP contribution in [0, 0.1) is 0 Å². The standard InChI is InChI=1S/C11H21N3O/c1-2-14-7-3-4-10(14)8-12-11(15)13-9-5-6-9/h9-10H,2-8H2,1H3,(H2,12,13,15). The molecule has 4 nitrogen and oxygen atoms in total. The van der Waals surface area contributed by atoms with Crippen molar-refractivity contribution in [3.63, 3.8) is 0 Å². The maximum Gasteiger partial charge on any atom is 0.315 e. The topological polar surface area (TPSA) is 44.4 Å². The second-order valence-corrected chi connectivity index (χ2v) is 4.55. The molecule has 1 atom stereocenters. The summed E-state index contributed by atoms with van der Waals surface area (Å²) in [5, 5.41) is 5.91. The average molecular weight is 211 g/mol. The second-order valence-electron chi connectivity index (χ2n) is 4.55. The van der Waals surface area contributed by atoms with Crippen molar-refractivity contribution in [2.45, 2.75) is 44.7 Å². The predicted octanol–water partition coefficient (Wildman–Crippen LogP) is 0.932. The van der Waals surface area contributed by atoms with Crippen LogP contribution in [0.3, 0.4) is 0 Å². The van der Waals surface area contributed by atoms with Crippen LogP contribution in [0.4, 0.5) is 4.79 Å². The largest absolute Gasteiger partial charge is 0.337 e. The Bertz CT molecular complexity index is 228. The van der Waals surface area contributed by atoms with Crippen LogP contribution in [0.5, 0.6) is 0 Å². The van der Waals surface area contributed by atoms with E-state index < -0.39 is 0 Å². The summed E-state index contributed by atoms with van der Waals surface area (Å²) < 4.78 is 0. The predicted molar refractivity (Wildman–Crippen MR) is 59.8 cm³/mol. The summed E-state index contributed by atoms with van der Waals surface area (Å²) in [4.78, 5) is 13.8. The number of carbonyl (C=O) groups is 1. The molecule has 0 aromatic carbocycles. The van der Waals surface area contributed by atoms with Gasteiger partial charge in [0.2, 0.25) is 0 Å². The Morgan fingerprint density at radius 3 is 2.87 bits per heavy atom. The number of nitrogens with one attached hydrogen (secondary N) is 2. The van der Waals surface area contributed by atoms with E-state index >= 15 is 0 Å². The van der Waals surface area contributed by atoms with E-state index in [1.165, 1.54) is 19.4 Å². The lowest BCUT2D eigenvalue weighted by Gasteiger charge is -2.22. The van der Waals surface area contributed by atoms with E-state index in [-0.39, 0.29) is 6.03 Å². The number of urea groups is 1. The minimum atomic E-state index is 0.0143. The lowest BCUT2D eigenvalue weighted by atomic mass is 10.2. The maximum atomic E-state index is 11.4. The van der Waals surface area contributed by atoms with Gasteiger partial charge in [-0.15, -0.1) is 0 Å². The van der Waals surface area contributed by atoms with Gasteiger partial charge in [-0.2, -0.15) is 0 Å². The zero-order valence-corrected chi connectivity index (χ0v) is 9.46. The fourth-order valence-electron chi connectivity index (χ4n) is 2.22. The van der Waals surface area contributed by atoms with Gasteiger partial charge in [-0.25, -0.2) is 4.79 Å². The number of carbonyl (C=O) groups excluding carboxylic acids is 1. The first-order chi connectivity index (χ1) is 7.29. The number of amides is 2. The molecule has 2 aliphatic rings. The van der Waals surface area contributed by atoms with E-state index in [2.05, 4.69) is 22.5 Å². The number of hydrogen-bond acceptors (Lipinski definition) is 2. The summed E-state index contributed by atoms with van der Waals surface area (Å²) in [6.07, 6.45) is 4.79. The zero-order chi connectivity index (χ0) is 10.7. The quantitative estimate of drug-likeness (QED) is 0.726. The molecule has 0 bridgehead atoms. The smallest absolute Gasteiger partial charge is 0.315 e. The minimum absolute atomic E-state index is 0.0143. The van der Waals surface area contributed by atoms with Crippen molar-refractivity contribution in [2.75, 3.05) is 19.6 Å². The van der Waals surface area contributed by atoms with Crippen LogP contribution in [0.2, 0.25) is 0 Å². The van der Waals surface area contributed by atoms with Gasteiger partial charge in [-0.1, -0.05) is 6.92 Å². The minimum Gasteiger partial charge on any atom is -0.337 e. The van der Waals surface area contributed by atoms with Gasteiger partial charge in [0.15, 0.2) is 0 Å². The molecule has 1 aliphatic carbocycles. The molecule has 1 saturated heterocycles. The molecule has 15 heavy (non-hydrogen) atoms. The number of likely N-dealkylation sites (tertiary alicyclic amines) is 1. The highest BCUT2D eigenvalue weighted by molar-refractivity contribution is 5.74. The highest BCUT2D eigenvalue weighted by Crippen LogP contribution is 2.18. The molecule has 2 rings (SSSR count). The van der Waals surface area contributed by atoms with Crippen LogP contribution in [-0.4, -0.2) is 42.6 Å². The molecular formula is C11H21N3O. The zero-order valence-electron chi connectivity index (χ0n) is 9.46. The lowest BCUT2D eigenvalue weighted by Crippen LogP contribution is -2.44. The summed E-state index contributed by atoms with van der Waals surface area (Å²) in [7, 11) is 0. The van der Waals surface area contributed by atoms with Gasteiger partial charge in [0.25, 0.3) is 0 Å². The summed E-state index contributed by atoms with van der Waals surface area (Å²) in [6, 6.07) is 1.02. The van der Waals surface area contributed by atoms with Crippen LogP contribution in [0.15, 0.2) is 0 Å². The Labute approximate surface area is 91.4 Å². The van der Waals surface area contributed by atoms with Gasteiger partial charge in [0.1, 0.15) is 0 Å². The average Bonchev–Trinajstić information content (AvgIpc) is 2.92. The molecule has 2 N–H and O–H groups in total. The molecule has 1 saturated carbocycles. The Morgan fingerprint density at radius 1 is 1.40 bits per heavy atom. The monoisotopic (exact) mass is 211 g/mol. The summed E-state index contributed by atoms with van der Waals surface area (Å²) in [5.41, 5.74) is 0. The molecule has 0 aromatic heterocycles. The van der Waals surface area contributed by atoms with Crippen LogP contribution in [0.25, 0.3) is 0 Å². The first-order valence-corrected chi connectivity index (χ1v) is 6.08. The lowest BCUT2D eigenvalue weighted by molar-refractivity contribution is 0.228. The normalized spacial score (nSPS) is 26.6. The SMILES string of the molecule is CCN1CCCC1CNC(=O)NC1CC1. The fourth-order valence-corrected chi connectivity index (χ4v) is 2.22. The van der Waals surface area contributed by atoms with E-state index in [0.29, 0.717) is 12.1 Å². The molecule has 2 amide bonds. The van der Waals surface area contributed by atoms with Gasteiger partial charge >= 0.3 is 6.03 Å². The maximum absolute atomic E-state index is 11.4. The number of nitrogens with zero attached hydrogens (tertiary/aromatic N) is 1. The number of hydrogen-bond donors (Lipinski definition) is 2. The molecule has 1 heterocycles. The Morgan fingerprint density at radius 2 is 2.20 bits per heavy atom. The third kappa shape index (κ3) is 3.09.